The third-order valence-corrected chi connectivity index (χ3v) is 24.8. The highest BCUT2D eigenvalue weighted by Crippen LogP contribution is 2.33. The topological polar surface area (TPSA) is 421 Å². The molecule has 0 aromatic rings. The van der Waals surface area contributed by atoms with Gasteiger partial charge in [0.2, 0.25) is 0 Å². The monoisotopic (exact) mass is 1900 g/mol. The number of thioether (sulfide) groups is 12. The van der Waals surface area contributed by atoms with Gasteiger partial charge in [-0.1, -0.05) is 0 Å². The standard InChI is InChI=1S/C74H114O32S12/c1-107-27-59(78)95-39-72(40-96-60(79)28-108-2,41-97-61(80)29-109-3)48-104-68(87)36-116-20-18-56(75)91-23-51-10-12-53(13-11-51)25-93-58(77)22-55(118-38-70(89)106-50-74(45-101-65(84)33-113-7,46-102-66(85)34-114-8)47-103-67(86)35-115-9)71(90)94-26-54-16-14-52(15-17-54)24-92-57(76)19-21-117-37-69(88)105-49-73(42-98-62(81)30-110-4,43-99-63(82)31-111-5)44-100-64(83)32-112-6/h51-55H,10-50H2,1-9H3. The lowest BCUT2D eigenvalue weighted by molar-refractivity contribution is -0.170. The minimum atomic E-state index is -1.56. The van der Waals surface area contributed by atoms with Crippen LogP contribution in [0.1, 0.15) is 70.6 Å². The molecule has 0 radical (unpaired) electrons. The number of rotatable bonds is 66. The summed E-state index contributed by atoms with van der Waals surface area (Å²) in [5.74, 6) is -10.7. The summed E-state index contributed by atoms with van der Waals surface area (Å²) < 4.78 is 88.7. The van der Waals surface area contributed by atoms with Gasteiger partial charge >= 0.3 is 95.5 Å². The van der Waals surface area contributed by atoms with Crippen molar-refractivity contribution in [1.29, 1.82) is 0 Å². The molecule has 0 amide bonds. The zero-order valence-electron chi connectivity index (χ0n) is 68.3. The Labute approximate surface area is 741 Å². The van der Waals surface area contributed by atoms with Gasteiger partial charge in [-0.2, -0.15) is 106 Å². The van der Waals surface area contributed by atoms with E-state index in [-0.39, 0.29) is 177 Å². The van der Waals surface area contributed by atoms with Gasteiger partial charge in [-0.3, -0.25) is 76.7 Å². The van der Waals surface area contributed by atoms with Crippen molar-refractivity contribution in [3.05, 3.63) is 0 Å². The van der Waals surface area contributed by atoms with E-state index >= 15 is 0 Å². The molecule has 0 saturated heterocycles. The van der Waals surface area contributed by atoms with E-state index in [1.54, 1.807) is 56.3 Å². The van der Waals surface area contributed by atoms with Crippen LogP contribution < -0.4 is 0 Å². The lowest BCUT2D eigenvalue weighted by Crippen LogP contribution is -2.44. The average Bonchev–Trinajstić information content (AvgIpc) is 0.858. The van der Waals surface area contributed by atoms with Crippen LogP contribution in [0.2, 0.25) is 0 Å². The maximum absolute atomic E-state index is 14.1. The highest BCUT2D eigenvalue weighted by atomic mass is 32.2. The minimum Gasteiger partial charge on any atom is -0.465 e. The van der Waals surface area contributed by atoms with Crippen LogP contribution in [0.4, 0.5) is 0 Å². The van der Waals surface area contributed by atoms with E-state index in [0.29, 0.717) is 51.4 Å². The summed E-state index contributed by atoms with van der Waals surface area (Å²) in [4.78, 5) is 206. The highest BCUT2D eigenvalue weighted by Gasteiger charge is 2.42. The van der Waals surface area contributed by atoms with Crippen LogP contribution >= 0.6 is 141 Å². The smallest absolute Gasteiger partial charge is 0.319 e. The van der Waals surface area contributed by atoms with Gasteiger partial charge in [0.05, 0.1) is 115 Å². The number of carbonyl (C=O) groups is 16. The molecule has 0 heterocycles. The molecule has 1 atom stereocenters. The first-order valence-electron chi connectivity index (χ1n) is 37.2. The molecule has 2 rings (SSSR count). The van der Waals surface area contributed by atoms with Gasteiger partial charge in [0.1, 0.15) is 101 Å². The SMILES string of the molecule is CSCC(=O)OCC(COC(=O)CSC)(COC(=O)CSC)COC(=O)CSCCC(=O)OCC1CCC(COC(=O)CC(SCC(=O)OCC(COC(=O)CSC)(COC(=O)CSC)COC(=O)CSC)C(=O)OCC2CCC(COC(=O)CCSCC(=O)OCC(COC(=O)CSC)(COC(=O)CSC)COC(=O)CSC)CC2)CC1. The highest BCUT2D eigenvalue weighted by molar-refractivity contribution is 8.02. The molecule has 2 aliphatic rings. The van der Waals surface area contributed by atoms with Crippen molar-refractivity contribution >= 4 is 237 Å². The number of esters is 16. The van der Waals surface area contributed by atoms with Gasteiger partial charge in [-0.05, 0) is 131 Å². The van der Waals surface area contributed by atoms with Crippen molar-refractivity contribution in [2.24, 2.45) is 39.9 Å². The molecule has 2 saturated carbocycles. The second-order valence-corrected chi connectivity index (χ2v) is 38.6. The van der Waals surface area contributed by atoms with E-state index in [9.17, 15) is 76.7 Å². The first kappa shape index (κ1) is 110. The van der Waals surface area contributed by atoms with Crippen molar-refractivity contribution < 1.29 is 153 Å². The predicted molar refractivity (Wildman–Crippen MR) is 464 cm³/mol. The molecular weight excluding hydrogens is 1790 g/mol. The molecule has 0 bridgehead atoms. The summed E-state index contributed by atoms with van der Waals surface area (Å²) in [6.07, 6.45) is 19.7. The van der Waals surface area contributed by atoms with Crippen molar-refractivity contribution in [2.75, 3.05) is 243 Å². The maximum Gasteiger partial charge on any atom is 0.319 e. The molecule has 0 spiro atoms. The molecule has 2 fully saturated rings. The van der Waals surface area contributed by atoms with E-state index in [4.69, 9.17) is 75.8 Å². The molecule has 0 N–H and O–H groups in total. The molecule has 44 heteroatoms. The Kier molecular flexibility index (Phi) is 61.6. The summed E-state index contributed by atoms with van der Waals surface area (Å²) in [6.45, 7) is -4.89. The van der Waals surface area contributed by atoms with E-state index < -0.39 is 169 Å². The Hall–Kier alpha value is -4.28. The van der Waals surface area contributed by atoms with Crippen LogP contribution in [0, 0.1) is 39.9 Å². The first-order chi connectivity index (χ1) is 56.5. The fourth-order valence-electron chi connectivity index (χ4n) is 10.5. The molecular formula is C74H114O32S12. The van der Waals surface area contributed by atoms with Crippen molar-refractivity contribution in [2.45, 2.75) is 75.9 Å². The number of hydrogen-bond acceptors (Lipinski definition) is 44. The van der Waals surface area contributed by atoms with Gasteiger partial charge in [0.25, 0.3) is 0 Å². The second-order valence-electron chi connectivity index (χ2n) is 27.4. The Bertz CT molecular complexity index is 2920. The van der Waals surface area contributed by atoms with Crippen LogP contribution in [-0.4, -0.2) is 343 Å². The largest absolute Gasteiger partial charge is 0.465 e. The van der Waals surface area contributed by atoms with Gasteiger partial charge in [0.15, 0.2) is 0 Å². The molecule has 0 aliphatic heterocycles. The van der Waals surface area contributed by atoms with Crippen LogP contribution in [0.25, 0.3) is 0 Å². The van der Waals surface area contributed by atoms with Crippen molar-refractivity contribution in [3.8, 4) is 0 Å². The summed E-state index contributed by atoms with van der Waals surface area (Å²) in [5.41, 5.74) is -4.38. The Morgan fingerprint density at radius 1 is 0.237 bits per heavy atom. The Morgan fingerprint density at radius 3 is 0.636 bits per heavy atom. The first-order valence-corrected chi connectivity index (χ1v) is 53.1. The van der Waals surface area contributed by atoms with Crippen LogP contribution in [-0.2, 0) is 153 Å². The third kappa shape index (κ3) is 52.4. The minimum absolute atomic E-state index is 0.00966. The van der Waals surface area contributed by atoms with E-state index in [1.165, 1.54) is 106 Å². The number of carbonyl (C=O) groups excluding carboxylic acids is 16. The molecule has 0 aromatic carbocycles. The summed E-state index contributed by atoms with van der Waals surface area (Å²) in [5, 5.41) is -1.27. The zero-order valence-corrected chi connectivity index (χ0v) is 78.1. The molecule has 1 unspecified atom stereocenters. The predicted octanol–water partition coefficient (Wildman–Crippen LogP) is 7.26. The summed E-state index contributed by atoms with van der Waals surface area (Å²) in [6, 6.07) is 0. The fraction of sp³-hybridized carbons (Fsp3) is 0.784. The van der Waals surface area contributed by atoms with Gasteiger partial charge in [-0.25, -0.2) is 0 Å². The van der Waals surface area contributed by atoms with Crippen molar-refractivity contribution in [1.82, 2.24) is 0 Å². The number of hydrogen-bond donors (Lipinski definition) is 0. The van der Waals surface area contributed by atoms with Crippen LogP contribution in [0.3, 0.4) is 0 Å². The van der Waals surface area contributed by atoms with Crippen LogP contribution in [0.5, 0.6) is 0 Å². The van der Waals surface area contributed by atoms with Gasteiger partial charge in [-0.15, -0.1) is 35.3 Å². The average molecular weight is 1900 g/mol. The molecule has 32 nitrogen and oxygen atoms in total. The quantitative estimate of drug-likeness (QED) is 0.0328. The second kappa shape index (κ2) is 66.3. The zero-order chi connectivity index (χ0) is 87.4. The van der Waals surface area contributed by atoms with Crippen molar-refractivity contribution in [3.63, 3.8) is 0 Å². The lowest BCUT2D eigenvalue weighted by Gasteiger charge is -2.31. The Balaban J connectivity index is 2.10. The van der Waals surface area contributed by atoms with E-state index in [0.717, 1.165) is 35.3 Å². The molecule has 0 aromatic heterocycles. The van der Waals surface area contributed by atoms with E-state index in [1.807, 2.05) is 0 Å². The van der Waals surface area contributed by atoms with Gasteiger partial charge < -0.3 is 75.8 Å². The fourth-order valence-corrected chi connectivity index (χ4v) is 15.7. The van der Waals surface area contributed by atoms with E-state index in [2.05, 4.69) is 0 Å². The summed E-state index contributed by atoms with van der Waals surface area (Å²) in [7, 11) is 0. The number of ether oxygens (including phenoxy) is 16. The molecule has 118 heavy (non-hydrogen) atoms. The maximum atomic E-state index is 14.1. The summed E-state index contributed by atoms with van der Waals surface area (Å²) >= 11 is 13.9. The Morgan fingerprint density at radius 2 is 0.424 bits per heavy atom. The lowest BCUT2D eigenvalue weighted by atomic mass is 9.83. The molecule has 674 valence electrons. The third-order valence-electron chi connectivity index (χ3n) is 17.0. The molecule has 2 aliphatic carbocycles. The van der Waals surface area contributed by atoms with Gasteiger partial charge in [0, 0.05) is 11.5 Å². The van der Waals surface area contributed by atoms with Crippen LogP contribution in [0.15, 0.2) is 0 Å². The normalized spacial score (nSPS) is 15.6.